The molecule has 0 radical (unpaired) electrons. The molecule has 0 N–H and O–H groups in total. The third kappa shape index (κ3) is 3.07. The second-order valence-electron chi connectivity index (χ2n) is 5.63. The number of allylic oxidation sites excluding steroid dienone is 1. The molecule has 1 atom stereocenters. The van der Waals surface area contributed by atoms with Crippen molar-refractivity contribution in [3.05, 3.63) is 33.7 Å². The van der Waals surface area contributed by atoms with E-state index < -0.39 is 12.0 Å². The number of nitrogens with zero attached hydrogens (tertiary/aromatic N) is 2. The smallest absolute Gasteiger partial charge is 0.338 e. The van der Waals surface area contributed by atoms with Gasteiger partial charge in [0.25, 0.3) is 0 Å². The number of carbonyl (C=O) groups excluding carboxylic acids is 2. The summed E-state index contributed by atoms with van der Waals surface area (Å²) in [6.07, 6.45) is 0.237. The first kappa shape index (κ1) is 16.3. The summed E-state index contributed by atoms with van der Waals surface area (Å²) in [5.74, 6) is 0.329. The van der Waals surface area contributed by atoms with Crippen LogP contribution < -0.4 is 0 Å². The van der Waals surface area contributed by atoms with Crippen LogP contribution in [0.1, 0.15) is 38.1 Å². The molecule has 5 nitrogen and oxygen atoms in total. The zero-order valence-electron chi connectivity index (χ0n) is 13.2. The van der Waals surface area contributed by atoms with Gasteiger partial charge in [0.2, 0.25) is 5.91 Å². The maximum atomic E-state index is 12.6. The molecule has 7 heteroatoms. The van der Waals surface area contributed by atoms with Gasteiger partial charge >= 0.3 is 5.97 Å². The van der Waals surface area contributed by atoms with Gasteiger partial charge in [-0.25, -0.2) is 9.79 Å². The third-order valence-corrected chi connectivity index (χ3v) is 5.46. The Morgan fingerprint density at radius 2 is 2.26 bits per heavy atom. The molecule has 3 heterocycles. The lowest BCUT2D eigenvalue weighted by atomic mass is 10.00. The maximum absolute atomic E-state index is 12.6. The van der Waals surface area contributed by atoms with E-state index >= 15 is 0 Å². The molecule has 0 aliphatic carbocycles. The summed E-state index contributed by atoms with van der Waals surface area (Å²) in [6, 6.07) is 3.43. The van der Waals surface area contributed by atoms with E-state index in [0.717, 1.165) is 10.6 Å². The average molecular weight is 350 g/mol. The van der Waals surface area contributed by atoms with Crippen molar-refractivity contribution in [2.24, 2.45) is 4.99 Å². The highest BCUT2D eigenvalue weighted by Gasteiger charge is 2.42. The van der Waals surface area contributed by atoms with Crippen LogP contribution in [0, 0.1) is 0 Å². The molecule has 2 aliphatic rings. The van der Waals surface area contributed by atoms with E-state index in [1.165, 1.54) is 11.3 Å². The molecule has 2 aliphatic heterocycles. The zero-order chi connectivity index (χ0) is 16.6. The van der Waals surface area contributed by atoms with E-state index in [4.69, 9.17) is 4.74 Å². The van der Waals surface area contributed by atoms with Crippen LogP contribution in [0.5, 0.6) is 0 Å². The number of thioether (sulfide) groups is 1. The SMILES string of the molecule is CC1=C(C(=O)OC(C)C)[C@@H](c2cccs2)N2C(=O)CCSC2=N1. The standard InChI is InChI=1S/C16H18N2O3S2/c1-9(2)21-15(20)13-10(3)17-16-18(12(19)6-8-23-16)14(13)11-5-4-7-22-11/h4-5,7,9,14H,6,8H2,1-3H3/t14-/m1/s1. The normalized spacial score (nSPS) is 21.4. The molecule has 0 spiro atoms. The molecule has 3 rings (SSSR count). The lowest BCUT2D eigenvalue weighted by molar-refractivity contribution is -0.143. The predicted molar refractivity (Wildman–Crippen MR) is 92.3 cm³/mol. The summed E-state index contributed by atoms with van der Waals surface area (Å²) in [6.45, 7) is 5.43. The molecule has 1 aromatic heterocycles. The van der Waals surface area contributed by atoms with Crippen molar-refractivity contribution in [3.8, 4) is 0 Å². The first-order valence-electron chi connectivity index (χ1n) is 7.47. The third-order valence-electron chi connectivity index (χ3n) is 3.58. The summed E-state index contributed by atoms with van der Waals surface area (Å²) in [5, 5.41) is 2.63. The van der Waals surface area contributed by atoms with E-state index in [0.29, 0.717) is 22.9 Å². The van der Waals surface area contributed by atoms with Gasteiger partial charge in [-0.1, -0.05) is 17.8 Å². The first-order chi connectivity index (χ1) is 11.0. The van der Waals surface area contributed by atoms with Gasteiger partial charge in [-0.3, -0.25) is 9.69 Å². The van der Waals surface area contributed by atoms with Crippen molar-refractivity contribution in [2.45, 2.75) is 39.3 Å². The maximum Gasteiger partial charge on any atom is 0.338 e. The highest BCUT2D eigenvalue weighted by atomic mass is 32.2. The second kappa shape index (κ2) is 6.49. The topological polar surface area (TPSA) is 59.0 Å². The van der Waals surface area contributed by atoms with Gasteiger partial charge in [-0.15, -0.1) is 11.3 Å². The number of esters is 1. The van der Waals surface area contributed by atoms with Gasteiger partial charge in [-0.2, -0.15) is 0 Å². The van der Waals surface area contributed by atoms with E-state index in [9.17, 15) is 9.59 Å². The Labute approximate surface area is 143 Å². The summed E-state index contributed by atoms with van der Waals surface area (Å²) in [7, 11) is 0. The Morgan fingerprint density at radius 1 is 1.48 bits per heavy atom. The Kier molecular flexibility index (Phi) is 4.59. The molecule has 1 fully saturated rings. The quantitative estimate of drug-likeness (QED) is 0.785. The molecule has 1 saturated heterocycles. The Balaban J connectivity index is 2.10. The minimum Gasteiger partial charge on any atom is -0.459 e. The molecule has 0 aromatic carbocycles. The number of thiophene rings is 1. The number of hydrogen-bond donors (Lipinski definition) is 0. The fourth-order valence-corrected chi connectivity index (χ4v) is 4.48. The van der Waals surface area contributed by atoms with Crippen LogP contribution in [0.3, 0.4) is 0 Å². The fourth-order valence-electron chi connectivity index (χ4n) is 2.65. The number of fused-ring (bicyclic) bond motifs is 1. The van der Waals surface area contributed by atoms with Gasteiger partial charge in [0, 0.05) is 17.1 Å². The Morgan fingerprint density at radius 3 is 2.91 bits per heavy atom. The lowest BCUT2D eigenvalue weighted by Gasteiger charge is -2.38. The minimum absolute atomic E-state index is 0.00301. The van der Waals surface area contributed by atoms with E-state index in [1.807, 2.05) is 38.3 Å². The van der Waals surface area contributed by atoms with Crippen molar-refractivity contribution < 1.29 is 14.3 Å². The summed E-state index contributed by atoms with van der Waals surface area (Å²) < 4.78 is 5.40. The molecule has 122 valence electrons. The molecular weight excluding hydrogens is 332 g/mol. The molecular formula is C16H18N2O3S2. The van der Waals surface area contributed by atoms with E-state index in [-0.39, 0.29) is 12.0 Å². The van der Waals surface area contributed by atoms with Crippen LogP contribution >= 0.6 is 23.1 Å². The van der Waals surface area contributed by atoms with Gasteiger partial charge < -0.3 is 4.74 Å². The van der Waals surface area contributed by atoms with Crippen LogP contribution in [0.15, 0.2) is 33.8 Å². The van der Waals surface area contributed by atoms with Crippen molar-refractivity contribution >= 4 is 40.1 Å². The minimum atomic E-state index is -0.436. The molecule has 0 saturated carbocycles. The van der Waals surface area contributed by atoms with Crippen molar-refractivity contribution in [2.75, 3.05) is 5.75 Å². The zero-order valence-corrected chi connectivity index (χ0v) is 14.9. The van der Waals surface area contributed by atoms with Gasteiger partial charge in [0.1, 0.15) is 6.04 Å². The number of amides is 1. The Hall–Kier alpha value is -1.60. The van der Waals surface area contributed by atoms with Crippen LogP contribution in [0.4, 0.5) is 0 Å². The lowest BCUT2D eigenvalue weighted by Crippen LogP contribution is -2.45. The van der Waals surface area contributed by atoms with Crippen LogP contribution in [-0.2, 0) is 14.3 Å². The van der Waals surface area contributed by atoms with Gasteiger partial charge in [-0.05, 0) is 32.2 Å². The van der Waals surface area contributed by atoms with Crippen molar-refractivity contribution in [1.29, 1.82) is 0 Å². The predicted octanol–water partition coefficient (Wildman–Crippen LogP) is 3.35. The molecule has 1 aromatic rings. The van der Waals surface area contributed by atoms with Crippen molar-refractivity contribution in [1.82, 2.24) is 4.90 Å². The van der Waals surface area contributed by atoms with Crippen molar-refractivity contribution in [3.63, 3.8) is 0 Å². The number of carbonyl (C=O) groups is 2. The van der Waals surface area contributed by atoms with Gasteiger partial charge in [0.05, 0.1) is 17.4 Å². The number of ether oxygens (including phenoxy) is 1. The second-order valence-corrected chi connectivity index (χ2v) is 7.67. The number of aliphatic imine (C=N–C) groups is 1. The number of amidine groups is 1. The summed E-state index contributed by atoms with van der Waals surface area (Å²) >= 11 is 3.09. The largest absolute Gasteiger partial charge is 0.459 e. The van der Waals surface area contributed by atoms with Crippen LogP contribution in [-0.4, -0.2) is 33.8 Å². The molecule has 1 amide bonds. The average Bonchev–Trinajstić information content (AvgIpc) is 2.99. The fraction of sp³-hybridized carbons (Fsp3) is 0.438. The highest BCUT2D eigenvalue weighted by Crippen LogP contribution is 2.41. The van der Waals surface area contributed by atoms with Crippen LogP contribution in [0.25, 0.3) is 0 Å². The monoisotopic (exact) mass is 350 g/mol. The molecule has 0 unspecified atom stereocenters. The first-order valence-corrected chi connectivity index (χ1v) is 9.34. The number of rotatable bonds is 3. The van der Waals surface area contributed by atoms with E-state index in [2.05, 4.69) is 4.99 Å². The van der Waals surface area contributed by atoms with E-state index in [1.54, 1.807) is 16.7 Å². The molecule has 23 heavy (non-hydrogen) atoms. The summed E-state index contributed by atoms with van der Waals surface area (Å²) in [5.41, 5.74) is 1.09. The number of hydrogen-bond acceptors (Lipinski definition) is 6. The van der Waals surface area contributed by atoms with Gasteiger partial charge in [0.15, 0.2) is 5.17 Å². The summed E-state index contributed by atoms with van der Waals surface area (Å²) in [4.78, 5) is 32.2. The van der Waals surface area contributed by atoms with Crippen LogP contribution in [0.2, 0.25) is 0 Å². The highest BCUT2D eigenvalue weighted by molar-refractivity contribution is 8.14. The molecule has 0 bridgehead atoms. The Bertz CT molecular complexity index is 692.